The summed E-state index contributed by atoms with van der Waals surface area (Å²) >= 11 is 0. The van der Waals surface area contributed by atoms with Gasteiger partial charge >= 0.3 is 0 Å². The number of nitrogens with one attached hydrogen (secondary N) is 1. The SMILES string of the molecule is COc1ccc(/C=C\C(=O)Nc2c3ccccc3nc3ccccc23)cc1. The zero-order chi connectivity index (χ0) is 18.6. The van der Waals surface area contributed by atoms with Crippen LogP contribution in [-0.2, 0) is 4.79 Å². The molecule has 3 aromatic carbocycles. The van der Waals surface area contributed by atoms with Gasteiger partial charge in [-0.05, 0) is 35.9 Å². The minimum Gasteiger partial charge on any atom is -0.497 e. The number of methoxy groups -OCH3 is 1. The first kappa shape index (κ1) is 16.8. The Bertz CT molecular complexity index is 1090. The van der Waals surface area contributed by atoms with Crippen molar-refractivity contribution in [1.29, 1.82) is 0 Å². The molecule has 1 heterocycles. The summed E-state index contributed by atoms with van der Waals surface area (Å²) in [5.41, 5.74) is 3.41. The second-order valence-electron chi connectivity index (χ2n) is 6.12. The Balaban J connectivity index is 1.67. The van der Waals surface area contributed by atoms with Gasteiger partial charge in [-0.15, -0.1) is 0 Å². The van der Waals surface area contributed by atoms with E-state index in [0.717, 1.165) is 38.8 Å². The van der Waals surface area contributed by atoms with Crippen LogP contribution < -0.4 is 10.1 Å². The van der Waals surface area contributed by atoms with Gasteiger partial charge in [0, 0.05) is 16.8 Å². The molecule has 27 heavy (non-hydrogen) atoms. The standard InChI is InChI=1S/C23H18N2O2/c1-27-17-13-10-16(11-14-17)12-15-22(26)25-23-18-6-2-4-8-20(18)24-21-9-5-3-7-19(21)23/h2-15H,1H3,(H,24,25,26)/b15-12-. The van der Waals surface area contributed by atoms with Crippen LogP contribution in [-0.4, -0.2) is 18.0 Å². The number of hydrogen-bond donors (Lipinski definition) is 1. The summed E-state index contributed by atoms with van der Waals surface area (Å²) in [5.74, 6) is 0.596. The van der Waals surface area contributed by atoms with Crippen molar-refractivity contribution in [2.75, 3.05) is 12.4 Å². The molecule has 1 amide bonds. The highest BCUT2D eigenvalue weighted by atomic mass is 16.5. The van der Waals surface area contributed by atoms with E-state index in [9.17, 15) is 4.79 Å². The molecule has 0 atom stereocenters. The molecule has 0 saturated carbocycles. The predicted molar refractivity (Wildman–Crippen MR) is 110 cm³/mol. The molecule has 4 aromatic rings. The van der Waals surface area contributed by atoms with E-state index in [1.54, 1.807) is 13.2 Å². The van der Waals surface area contributed by atoms with E-state index in [0.29, 0.717) is 0 Å². The van der Waals surface area contributed by atoms with E-state index in [1.165, 1.54) is 6.08 Å². The zero-order valence-corrected chi connectivity index (χ0v) is 14.8. The van der Waals surface area contributed by atoms with Gasteiger partial charge in [-0.3, -0.25) is 4.79 Å². The van der Waals surface area contributed by atoms with Crippen molar-refractivity contribution in [3.63, 3.8) is 0 Å². The molecule has 0 unspecified atom stereocenters. The highest BCUT2D eigenvalue weighted by Gasteiger charge is 2.10. The summed E-state index contributed by atoms with van der Waals surface area (Å²) in [6, 6.07) is 23.1. The average Bonchev–Trinajstić information content (AvgIpc) is 2.72. The van der Waals surface area contributed by atoms with Crippen LogP contribution in [0.3, 0.4) is 0 Å². The van der Waals surface area contributed by atoms with Crippen molar-refractivity contribution in [1.82, 2.24) is 4.98 Å². The van der Waals surface area contributed by atoms with E-state index >= 15 is 0 Å². The molecule has 0 spiro atoms. The van der Waals surface area contributed by atoms with Gasteiger partial charge in [-0.25, -0.2) is 4.98 Å². The molecule has 1 aromatic heterocycles. The molecule has 4 heteroatoms. The first-order valence-corrected chi connectivity index (χ1v) is 8.65. The summed E-state index contributed by atoms with van der Waals surface area (Å²) in [6.07, 6.45) is 3.31. The molecule has 0 radical (unpaired) electrons. The van der Waals surface area contributed by atoms with Gasteiger partial charge < -0.3 is 10.1 Å². The summed E-state index contributed by atoms with van der Waals surface area (Å²) in [7, 11) is 1.63. The third kappa shape index (κ3) is 3.51. The van der Waals surface area contributed by atoms with Crippen LogP contribution in [0.15, 0.2) is 78.9 Å². The van der Waals surface area contributed by atoms with Crippen molar-refractivity contribution in [3.8, 4) is 5.75 Å². The van der Waals surface area contributed by atoms with E-state index < -0.39 is 0 Å². The molecule has 0 aliphatic rings. The Kier molecular flexibility index (Phi) is 4.54. The molecule has 1 N–H and O–H groups in total. The minimum absolute atomic E-state index is 0.188. The van der Waals surface area contributed by atoms with Gasteiger partial charge in [0.2, 0.25) is 5.91 Å². The lowest BCUT2D eigenvalue weighted by Crippen LogP contribution is -2.09. The van der Waals surface area contributed by atoms with Crippen molar-refractivity contribution < 1.29 is 9.53 Å². The fraction of sp³-hybridized carbons (Fsp3) is 0.0435. The van der Waals surface area contributed by atoms with Crippen LogP contribution in [0, 0.1) is 0 Å². The van der Waals surface area contributed by atoms with E-state index in [1.807, 2.05) is 72.8 Å². The molecule has 0 aliphatic carbocycles. The average molecular weight is 354 g/mol. The number of aromatic nitrogens is 1. The molecule has 4 rings (SSSR count). The lowest BCUT2D eigenvalue weighted by atomic mass is 10.1. The highest BCUT2D eigenvalue weighted by Crippen LogP contribution is 2.30. The lowest BCUT2D eigenvalue weighted by Gasteiger charge is -2.11. The number of hydrogen-bond acceptors (Lipinski definition) is 3. The number of benzene rings is 3. The normalized spacial score (nSPS) is 11.1. The molecule has 132 valence electrons. The Morgan fingerprint density at radius 2 is 1.48 bits per heavy atom. The summed E-state index contributed by atoms with van der Waals surface area (Å²) in [5, 5.41) is 4.87. The summed E-state index contributed by atoms with van der Waals surface area (Å²) in [4.78, 5) is 17.2. The van der Waals surface area contributed by atoms with Crippen molar-refractivity contribution in [2.24, 2.45) is 0 Å². The summed E-state index contributed by atoms with van der Waals surface area (Å²) < 4.78 is 5.15. The monoisotopic (exact) mass is 354 g/mol. The number of rotatable bonds is 4. The highest BCUT2D eigenvalue weighted by molar-refractivity contribution is 6.15. The first-order valence-electron chi connectivity index (χ1n) is 8.65. The van der Waals surface area contributed by atoms with Crippen LogP contribution in [0.4, 0.5) is 5.69 Å². The number of carbonyl (C=O) groups is 1. The molecule has 0 aliphatic heterocycles. The van der Waals surface area contributed by atoms with Gasteiger partial charge in [-0.2, -0.15) is 0 Å². The maximum absolute atomic E-state index is 12.6. The zero-order valence-electron chi connectivity index (χ0n) is 14.8. The number of amides is 1. The second-order valence-corrected chi connectivity index (χ2v) is 6.12. The Labute approximate surface area is 157 Å². The molecular weight excluding hydrogens is 336 g/mol. The number of carbonyl (C=O) groups excluding carboxylic acids is 1. The largest absolute Gasteiger partial charge is 0.497 e. The number of ether oxygens (including phenoxy) is 1. The third-order valence-electron chi connectivity index (χ3n) is 4.38. The quantitative estimate of drug-likeness (QED) is 0.412. The maximum Gasteiger partial charge on any atom is 0.248 e. The Morgan fingerprint density at radius 3 is 2.07 bits per heavy atom. The van der Waals surface area contributed by atoms with Gasteiger partial charge in [0.1, 0.15) is 5.75 Å². The maximum atomic E-state index is 12.6. The summed E-state index contributed by atoms with van der Waals surface area (Å²) in [6.45, 7) is 0. The Morgan fingerprint density at radius 1 is 0.889 bits per heavy atom. The third-order valence-corrected chi connectivity index (χ3v) is 4.38. The van der Waals surface area contributed by atoms with Crippen LogP contribution in [0.1, 0.15) is 5.56 Å². The number of para-hydroxylation sites is 2. The Hall–Kier alpha value is -3.66. The fourth-order valence-corrected chi connectivity index (χ4v) is 3.03. The number of nitrogens with zero attached hydrogens (tertiary/aromatic N) is 1. The number of anilines is 1. The molecule has 4 nitrogen and oxygen atoms in total. The van der Waals surface area contributed by atoms with Crippen molar-refractivity contribution >= 4 is 39.5 Å². The van der Waals surface area contributed by atoms with Gasteiger partial charge in [0.15, 0.2) is 0 Å². The molecule has 0 saturated heterocycles. The number of pyridine rings is 1. The predicted octanol–water partition coefficient (Wildman–Crippen LogP) is 5.05. The number of fused-ring (bicyclic) bond motifs is 2. The first-order chi connectivity index (χ1) is 13.2. The van der Waals surface area contributed by atoms with Gasteiger partial charge in [-0.1, -0.05) is 48.5 Å². The van der Waals surface area contributed by atoms with Crippen molar-refractivity contribution in [2.45, 2.75) is 0 Å². The van der Waals surface area contributed by atoms with Gasteiger partial charge in [0.25, 0.3) is 0 Å². The lowest BCUT2D eigenvalue weighted by molar-refractivity contribution is -0.111. The van der Waals surface area contributed by atoms with Crippen LogP contribution in [0.5, 0.6) is 5.75 Å². The smallest absolute Gasteiger partial charge is 0.248 e. The van der Waals surface area contributed by atoms with Crippen LogP contribution in [0.2, 0.25) is 0 Å². The second kappa shape index (κ2) is 7.30. The van der Waals surface area contributed by atoms with E-state index in [-0.39, 0.29) is 5.91 Å². The van der Waals surface area contributed by atoms with Gasteiger partial charge in [0.05, 0.1) is 23.8 Å². The van der Waals surface area contributed by atoms with E-state index in [2.05, 4.69) is 10.3 Å². The van der Waals surface area contributed by atoms with E-state index in [4.69, 9.17) is 4.74 Å². The van der Waals surface area contributed by atoms with Crippen molar-refractivity contribution in [3.05, 3.63) is 84.4 Å². The topological polar surface area (TPSA) is 51.2 Å². The molecule has 0 fully saturated rings. The minimum atomic E-state index is -0.188. The molecule has 0 bridgehead atoms. The van der Waals surface area contributed by atoms with Crippen LogP contribution >= 0.6 is 0 Å². The van der Waals surface area contributed by atoms with Crippen LogP contribution in [0.25, 0.3) is 27.9 Å². The molecular formula is C23H18N2O2. The fourth-order valence-electron chi connectivity index (χ4n) is 3.03.